The first kappa shape index (κ1) is 12.1. The van der Waals surface area contributed by atoms with E-state index in [0.717, 1.165) is 0 Å². The first-order valence-electron chi connectivity index (χ1n) is 4.56. The second-order valence-corrected chi connectivity index (χ2v) is 3.13. The normalized spacial score (nSPS) is 11.9. The molecule has 0 aliphatic heterocycles. The van der Waals surface area contributed by atoms with Crippen molar-refractivity contribution in [3.05, 3.63) is 24.0 Å². The van der Waals surface area contributed by atoms with E-state index < -0.39 is 12.1 Å². The van der Waals surface area contributed by atoms with E-state index in [1.807, 2.05) is 0 Å². The lowest BCUT2D eigenvalue weighted by Gasteiger charge is -2.10. The Balaban J connectivity index is 2.78. The van der Waals surface area contributed by atoms with Crippen molar-refractivity contribution in [1.82, 2.24) is 4.98 Å². The van der Waals surface area contributed by atoms with Gasteiger partial charge in [-0.05, 0) is 13.0 Å². The molecule has 6 nitrogen and oxygen atoms in total. The highest BCUT2D eigenvalue weighted by atomic mass is 16.5. The molecule has 0 fully saturated rings. The van der Waals surface area contributed by atoms with E-state index in [1.165, 1.54) is 25.6 Å². The molecule has 0 aliphatic carbocycles. The van der Waals surface area contributed by atoms with Crippen molar-refractivity contribution < 1.29 is 19.4 Å². The minimum absolute atomic E-state index is 0.0165. The molecule has 2 N–H and O–H groups in total. The van der Waals surface area contributed by atoms with E-state index in [4.69, 9.17) is 9.84 Å². The average molecular weight is 224 g/mol. The second kappa shape index (κ2) is 5.22. The SMILES string of the molecule is CO[C@H](C)C(=O)Nc1cncc(C(=O)O)c1. The highest BCUT2D eigenvalue weighted by Gasteiger charge is 2.12. The Morgan fingerprint density at radius 2 is 2.19 bits per heavy atom. The smallest absolute Gasteiger partial charge is 0.337 e. The molecule has 1 heterocycles. The molecule has 0 bridgehead atoms. The maximum Gasteiger partial charge on any atom is 0.337 e. The van der Waals surface area contributed by atoms with Crippen LogP contribution in [0.25, 0.3) is 0 Å². The first-order valence-corrected chi connectivity index (χ1v) is 4.56. The Morgan fingerprint density at radius 3 is 2.75 bits per heavy atom. The van der Waals surface area contributed by atoms with E-state index in [1.54, 1.807) is 6.92 Å². The zero-order valence-electron chi connectivity index (χ0n) is 8.93. The monoisotopic (exact) mass is 224 g/mol. The van der Waals surface area contributed by atoms with Crippen molar-refractivity contribution in [2.24, 2.45) is 0 Å². The van der Waals surface area contributed by atoms with Gasteiger partial charge in [-0.25, -0.2) is 4.79 Å². The third-order valence-electron chi connectivity index (χ3n) is 1.98. The molecule has 86 valence electrons. The van der Waals surface area contributed by atoms with E-state index in [0.29, 0.717) is 5.69 Å². The average Bonchev–Trinajstić information content (AvgIpc) is 2.28. The van der Waals surface area contributed by atoms with Gasteiger partial charge in [-0.2, -0.15) is 0 Å². The number of hydrogen-bond acceptors (Lipinski definition) is 4. The van der Waals surface area contributed by atoms with Crippen LogP contribution in [0.3, 0.4) is 0 Å². The largest absolute Gasteiger partial charge is 0.478 e. The molecule has 1 amide bonds. The molecule has 1 atom stereocenters. The van der Waals surface area contributed by atoms with Gasteiger partial charge in [0.1, 0.15) is 6.10 Å². The number of rotatable bonds is 4. The Morgan fingerprint density at radius 1 is 1.50 bits per heavy atom. The van der Waals surface area contributed by atoms with E-state index in [2.05, 4.69) is 10.3 Å². The molecule has 1 aromatic rings. The van der Waals surface area contributed by atoms with Crippen molar-refractivity contribution in [2.45, 2.75) is 13.0 Å². The van der Waals surface area contributed by atoms with Gasteiger partial charge in [0.05, 0.1) is 17.4 Å². The van der Waals surface area contributed by atoms with E-state index in [-0.39, 0.29) is 11.5 Å². The van der Waals surface area contributed by atoms with Crippen LogP contribution in [0.5, 0.6) is 0 Å². The summed E-state index contributed by atoms with van der Waals surface area (Å²) in [7, 11) is 1.41. The van der Waals surface area contributed by atoms with Crippen LogP contribution in [-0.4, -0.2) is 35.2 Å². The summed E-state index contributed by atoms with van der Waals surface area (Å²) in [6.45, 7) is 1.59. The molecule has 1 rings (SSSR count). The summed E-state index contributed by atoms with van der Waals surface area (Å²) in [5, 5.41) is 11.2. The second-order valence-electron chi connectivity index (χ2n) is 3.13. The molecule has 16 heavy (non-hydrogen) atoms. The number of aromatic nitrogens is 1. The molecule has 6 heteroatoms. The minimum Gasteiger partial charge on any atom is -0.478 e. The van der Waals surface area contributed by atoms with Crippen molar-refractivity contribution in [2.75, 3.05) is 12.4 Å². The van der Waals surface area contributed by atoms with Crippen LogP contribution in [-0.2, 0) is 9.53 Å². The third kappa shape index (κ3) is 3.03. The first-order chi connectivity index (χ1) is 7.54. The van der Waals surface area contributed by atoms with Crippen molar-refractivity contribution in [1.29, 1.82) is 0 Å². The summed E-state index contributed by atoms with van der Waals surface area (Å²) >= 11 is 0. The van der Waals surface area contributed by atoms with Crippen molar-refractivity contribution in [3.63, 3.8) is 0 Å². The number of carboxylic acids is 1. The molecule has 0 saturated carbocycles. The fourth-order valence-electron chi connectivity index (χ4n) is 0.976. The number of anilines is 1. The molecule has 0 aromatic carbocycles. The predicted molar refractivity (Wildman–Crippen MR) is 56.3 cm³/mol. The Labute approximate surface area is 92.3 Å². The zero-order chi connectivity index (χ0) is 12.1. The molecule has 0 aliphatic rings. The molecule has 0 unspecified atom stereocenters. The fraction of sp³-hybridized carbons (Fsp3) is 0.300. The number of amides is 1. The van der Waals surface area contributed by atoms with Crippen LogP contribution in [0.4, 0.5) is 5.69 Å². The van der Waals surface area contributed by atoms with Crippen LogP contribution < -0.4 is 5.32 Å². The third-order valence-corrected chi connectivity index (χ3v) is 1.98. The molecule has 0 spiro atoms. The Hall–Kier alpha value is -1.95. The molecule has 1 aromatic heterocycles. The predicted octanol–water partition coefficient (Wildman–Crippen LogP) is 0.753. The Bertz CT molecular complexity index is 406. The summed E-state index contributed by atoms with van der Waals surface area (Å²) in [4.78, 5) is 25.8. The zero-order valence-corrected chi connectivity index (χ0v) is 8.93. The lowest BCUT2D eigenvalue weighted by Crippen LogP contribution is -2.26. The van der Waals surface area contributed by atoms with Crippen LogP contribution in [0, 0.1) is 0 Å². The van der Waals surface area contributed by atoms with Crippen LogP contribution >= 0.6 is 0 Å². The maximum absolute atomic E-state index is 11.4. The van der Waals surface area contributed by atoms with Gasteiger partial charge in [0.15, 0.2) is 0 Å². The maximum atomic E-state index is 11.4. The van der Waals surface area contributed by atoms with Gasteiger partial charge in [0.2, 0.25) is 0 Å². The van der Waals surface area contributed by atoms with E-state index >= 15 is 0 Å². The van der Waals surface area contributed by atoms with Gasteiger partial charge in [0, 0.05) is 13.3 Å². The topological polar surface area (TPSA) is 88.5 Å². The Kier molecular flexibility index (Phi) is 3.96. The standard InChI is InChI=1S/C10H12N2O4/c1-6(16-2)9(13)12-8-3-7(10(14)15)4-11-5-8/h3-6H,1-2H3,(H,12,13)(H,14,15)/t6-/m1/s1. The van der Waals surface area contributed by atoms with Crippen molar-refractivity contribution in [3.8, 4) is 0 Å². The highest BCUT2D eigenvalue weighted by molar-refractivity contribution is 5.95. The van der Waals surface area contributed by atoms with Crippen molar-refractivity contribution >= 4 is 17.6 Å². The summed E-state index contributed by atoms with van der Waals surface area (Å²) in [5.41, 5.74) is 0.344. The number of aromatic carboxylic acids is 1. The number of nitrogens with zero attached hydrogens (tertiary/aromatic N) is 1. The lowest BCUT2D eigenvalue weighted by atomic mass is 10.2. The summed E-state index contributed by atoms with van der Waals surface area (Å²) in [6, 6.07) is 1.33. The van der Waals surface area contributed by atoms with Gasteiger partial charge in [0.25, 0.3) is 5.91 Å². The number of carbonyl (C=O) groups excluding carboxylic acids is 1. The van der Waals surface area contributed by atoms with E-state index in [9.17, 15) is 9.59 Å². The molecular formula is C10H12N2O4. The highest BCUT2D eigenvalue weighted by Crippen LogP contribution is 2.09. The number of ether oxygens (including phenoxy) is 1. The lowest BCUT2D eigenvalue weighted by molar-refractivity contribution is -0.124. The number of carboxylic acid groups (broad SMARTS) is 1. The van der Waals surface area contributed by atoms with Crippen LogP contribution in [0.2, 0.25) is 0 Å². The van der Waals surface area contributed by atoms with Gasteiger partial charge in [-0.15, -0.1) is 0 Å². The van der Waals surface area contributed by atoms with Gasteiger partial charge >= 0.3 is 5.97 Å². The number of carbonyl (C=O) groups is 2. The fourth-order valence-corrected chi connectivity index (χ4v) is 0.976. The van der Waals surface area contributed by atoms with Gasteiger partial charge in [-0.3, -0.25) is 9.78 Å². The number of methoxy groups -OCH3 is 1. The summed E-state index contributed by atoms with van der Waals surface area (Å²) in [5.74, 6) is -1.45. The van der Waals surface area contributed by atoms with Crippen LogP contribution in [0.1, 0.15) is 17.3 Å². The molecule has 0 radical (unpaired) electrons. The number of hydrogen-bond donors (Lipinski definition) is 2. The summed E-state index contributed by atoms with van der Waals surface area (Å²) < 4.78 is 4.81. The summed E-state index contributed by atoms with van der Waals surface area (Å²) in [6.07, 6.45) is 1.97. The van der Waals surface area contributed by atoms with Crippen LogP contribution in [0.15, 0.2) is 18.5 Å². The quantitative estimate of drug-likeness (QED) is 0.787. The number of nitrogens with one attached hydrogen (secondary N) is 1. The minimum atomic E-state index is -1.09. The van der Waals surface area contributed by atoms with Gasteiger partial charge < -0.3 is 15.2 Å². The number of pyridine rings is 1. The molecular weight excluding hydrogens is 212 g/mol. The molecule has 0 saturated heterocycles. The van der Waals surface area contributed by atoms with Gasteiger partial charge in [-0.1, -0.05) is 0 Å².